The van der Waals surface area contributed by atoms with Crippen LogP contribution in [-0.4, -0.2) is 35.7 Å². The lowest BCUT2D eigenvalue weighted by atomic mass is 9.97. The molecule has 1 N–H and O–H groups in total. The molecule has 3 heterocycles. The standard InChI is InChI=1S/C26H23N3O3S2/c30-25(29-26-28-20-5-6-22-23(24(20)34-26)27-15-33-22)19-13-17-3-1-2-4-18(17)14-21(19)32-12-9-16-7-10-31-11-8-16/h1-6,13-16H,7-12H2,(H,28,29,30). The van der Waals surface area contributed by atoms with Crippen LogP contribution in [0.15, 0.2) is 54.0 Å². The molecule has 0 radical (unpaired) electrons. The molecule has 1 fully saturated rings. The predicted molar refractivity (Wildman–Crippen MR) is 138 cm³/mol. The van der Waals surface area contributed by atoms with E-state index in [2.05, 4.69) is 15.3 Å². The van der Waals surface area contributed by atoms with Crippen molar-refractivity contribution >= 4 is 64.9 Å². The molecule has 1 saturated heterocycles. The zero-order valence-electron chi connectivity index (χ0n) is 18.5. The molecule has 0 unspecified atom stereocenters. The molecule has 1 aliphatic rings. The number of carbonyl (C=O) groups is 1. The van der Waals surface area contributed by atoms with Crippen molar-refractivity contribution in [2.75, 3.05) is 25.1 Å². The normalized spacial score (nSPS) is 14.7. The third-order valence-electron chi connectivity index (χ3n) is 6.29. The van der Waals surface area contributed by atoms with Gasteiger partial charge in [0.15, 0.2) is 5.13 Å². The third kappa shape index (κ3) is 4.24. The van der Waals surface area contributed by atoms with Gasteiger partial charge >= 0.3 is 0 Å². The first-order valence-electron chi connectivity index (χ1n) is 11.4. The van der Waals surface area contributed by atoms with Gasteiger partial charge in [-0.1, -0.05) is 35.6 Å². The van der Waals surface area contributed by atoms with E-state index in [1.807, 2.05) is 54.0 Å². The number of aromatic nitrogens is 2. The van der Waals surface area contributed by atoms with E-state index in [4.69, 9.17) is 9.47 Å². The molecule has 1 amide bonds. The molecule has 0 spiro atoms. The zero-order valence-corrected chi connectivity index (χ0v) is 20.1. The fourth-order valence-electron chi connectivity index (χ4n) is 4.42. The molecule has 0 atom stereocenters. The maximum atomic E-state index is 13.4. The summed E-state index contributed by atoms with van der Waals surface area (Å²) in [4.78, 5) is 22.5. The molecule has 0 bridgehead atoms. The summed E-state index contributed by atoms with van der Waals surface area (Å²) >= 11 is 3.05. The minimum absolute atomic E-state index is 0.222. The molecule has 0 aliphatic carbocycles. The topological polar surface area (TPSA) is 73.3 Å². The van der Waals surface area contributed by atoms with Crippen molar-refractivity contribution in [3.8, 4) is 5.75 Å². The SMILES string of the molecule is O=C(Nc1nc2ccc3scnc3c2s1)c1cc2ccccc2cc1OCCC1CCOCC1. The second-order valence-corrected chi connectivity index (χ2v) is 10.4. The number of carbonyl (C=O) groups excluding carboxylic acids is 1. The summed E-state index contributed by atoms with van der Waals surface area (Å²) in [6, 6.07) is 15.9. The van der Waals surface area contributed by atoms with Gasteiger partial charge in [0, 0.05) is 13.2 Å². The number of nitrogens with zero attached hydrogens (tertiary/aromatic N) is 2. The van der Waals surface area contributed by atoms with Gasteiger partial charge in [0.25, 0.3) is 5.91 Å². The fraction of sp³-hybridized carbons (Fsp3) is 0.269. The lowest BCUT2D eigenvalue weighted by molar-refractivity contribution is 0.0593. The van der Waals surface area contributed by atoms with Gasteiger partial charge in [0.05, 0.1) is 32.6 Å². The molecule has 8 heteroatoms. The van der Waals surface area contributed by atoms with Crippen LogP contribution in [0.2, 0.25) is 0 Å². The highest BCUT2D eigenvalue weighted by Crippen LogP contribution is 2.34. The van der Waals surface area contributed by atoms with Gasteiger partial charge in [-0.05, 0) is 60.2 Å². The Morgan fingerprint density at radius 2 is 1.94 bits per heavy atom. The number of fused-ring (bicyclic) bond motifs is 4. The van der Waals surface area contributed by atoms with Gasteiger partial charge in [-0.25, -0.2) is 9.97 Å². The Bertz CT molecular complexity index is 1490. The van der Waals surface area contributed by atoms with Crippen LogP contribution in [0.1, 0.15) is 29.6 Å². The summed E-state index contributed by atoms with van der Waals surface area (Å²) in [6.45, 7) is 2.22. The monoisotopic (exact) mass is 489 g/mol. The number of benzene rings is 3. The van der Waals surface area contributed by atoms with Crippen molar-refractivity contribution in [3.63, 3.8) is 0 Å². The maximum absolute atomic E-state index is 13.4. The van der Waals surface area contributed by atoms with Crippen LogP contribution in [0.5, 0.6) is 5.75 Å². The zero-order chi connectivity index (χ0) is 22.9. The summed E-state index contributed by atoms with van der Waals surface area (Å²) in [5.74, 6) is 0.989. The molecular weight excluding hydrogens is 466 g/mol. The highest BCUT2D eigenvalue weighted by atomic mass is 32.1. The van der Waals surface area contributed by atoms with Crippen molar-refractivity contribution in [3.05, 3.63) is 59.6 Å². The molecule has 2 aromatic heterocycles. The smallest absolute Gasteiger partial charge is 0.261 e. The van der Waals surface area contributed by atoms with Crippen molar-refractivity contribution in [1.29, 1.82) is 0 Å². The van der Waals surface area contributed by atoms with Gasteiger partial charge in [-0.2, -0.15) is 0 Å². The van der Waals surface area contributed by atoms with E-state index in [-0.39, 0.29) is 5.91 Å². The fourth-order valence-corrected chi connectivity index (χ4v) is 6.13. The van der Waals surface area contributed by atoms with E-state index in [0.717, 1.165) is 63.7 Å². The van der Waals surface area contributed by atoms with E-state index >= 15 is 0 Å². The quantitative estimate of drug-likeness (QED) is 0.294. The molecule has 172 valence electrons. The van der Waals surface area contributed by atoms with E-state index in [1.165, 1.54) is 11.3 Å². The van der Waals surface area contributed by atoms with Crippen LogP contribution in [0.25, 0.3) is 31.2 Å². The third-order valence-corrected chi connectivity index (χ3v) is 8.08. The summed E-state index contributed by atoms with van der Waals surface area (Å²) in [6.07, 6.45) is 3.09. The molecule has 6 rings (SSSR count). The molecular formula is C26H23N3O3S2. The Balaban J connectivity index is 1.27. The Labute approximate surface area is 204 Å². The Kier molecular flexibility index (Phi) is 5.86. The summed E-state index contributed by atoms with van der Waals surface area (Å²) < 4.78 is 13.7. The number of hydrogen-bond acceptors (Lipinski definition) is 7. The van der Waals surface area contributed by atoms with Gasteiger partial charge in [0.2, 0.25) is 0 Å². The van der Waals surface area contributed by atoms with Gasteiger partial charge in [0.1, 0.15) is 11.3 Å². The molecule has 34 heavy (non-hydrogen) atoms. The van der Waals surface area contributed by atoms with Gasteiger partial charge < -0.3 is 9.47 Å². The van der Waals surface area contributed by atoms with Crippen LogP contribution in [-0.2, 0) is 4.74 Å². The first-order chi connectivity index (χ1) is 16.7. The second-order valence-electron chi connectivity index (χ2n) is 8.47. The average molecular weight is 490 g/mol. The van der Waals surface area contributed by atoms with E-state index < -0.39 is 0 Å². The lowest BCUT2D eigenvalue weighted by Gasteiger charge is -2.22. The number of rotatable bonds is 6. The minimum atomic E-state index is -0.222. The van der Waals surface area contributed by atoms with Crippen molar-refractivity contribution in [2.45, 2.75) is 19.3 Å². The number of nitrogens with one attached hydrogen (secondary N) is 1. The van der Waals surface area contributed by atoms with E-state index in [1.54, 1.807) is 11.3 Å². The molecule has 6 nitrogen and oxygen atoms in total. The first-order valence-corrected chi connectivity index (χ1v) is 13.1. The van der Waals surface area contributed by atoms with Crippen LogP contribution < -0.4 is 10.1 Å². The summed E-state index contributed by atoms with van der Waals surface area (Å²) in [5, 5.41) is 5.60. The van der Waals surface area contributed by atoms with Crippen molar-refractivity contribution in [1.82, 2.24) is 9.97 Å². The van der Waals surface area contributed by atoms with Crippen LogP contribution in [0.4, 0.5) is 5.13 Å². The number of amides is 1. The van der Waals surface area contributed by atoms with Crippen LogP contribution in [0, 0.1) is 5.92 Å². The van der Waals surface area contributed by atoms with E-state index in [0.29, 0.717) is 29.0 Å². The van der Waals surface area contributed by atoms with Crippen molar-refractivity contribution in [2.24, 2.45) is 5.92 Å². The Morgan fingerprint density at radius 1 is 1.12 bits per heavy atom. The summed E-state index contributed by atoms with van der Waals surface area (Å²) in [7, 11) is 0. The number of anilines is 1. The van der Waals surface area contributed by atoms with E-state index in [9.17, 15) is 4.79 Å². The number of hydrogen-bond donors (Lipinski definition) is 1. The second kappa shape index (κ2) is 9.29. The highest BCUT2D eigenvalue weighted by Gasteiger charge is 2.19. The summed E-state index contributed by atoms with van der Waals surface area (Å²) in [5.41, 5.74) is 4.12. The predicted octanol–water partition coefficient (Wildman–Crippen LogP) is 6.51. The van der Waals surface area contributed by atoms with Crippen LogP contribution >= 0.6 is 22.7 Å². The Morgan fingerprint density at radius 3 is 2.79 bits per heavy atom. The molecule has 3 aromatic carbocycles. The molecule has 1 aliphatic heterocycles. The minimum Gasteiger partial charge on any atom is -0.493 e. The largest absolute Gasteiger partial charge is 0.493 e. The van der Waals surface area contributed by atoms with Crippen molar-refractivity contribution < 1.29 is 14.3 Å². The first kappa shape index (κ1) is 21.5. The number of thiazole rings is 2. The van der Waals surface area contributed by atoms with Gasteiger partial charge in [-0.15, -0.1) is 11.3 Å². The maximum Gasteiger partial charge on any atom is 0.261 e. The molecule has 5 aromatic rings. The highest BCUT2D eigenvalue weighted by molar-refractivity contribution is 7.24. The average Bonchev–Trinajstić information content (AvgIpc) is 3.50. The Hall–Kier alpha value is -3.07. The number of ether oxygens (including phenoxy) is 2. The lowest BCUT2D eigenvalue weighted by Crippen LogP contribution is -2.18. The van der Waals surface area contributed by atoms with Gasteiger partial charge in [-0.3, -0.25) is 10.1 Å². The molecule has 0 saturated carbocycles. The van der Waals surface area contributed by atoms with Crippen LogP contribution in [0.3, 0.4) is 0 Å².